The molecule has 2 aliphatic carbocycles. The standard InChI is InChI=1S/C24H34N2O4/c1-15-10-21-19(20(15)13-25-24(28)16-6-4-5-7-16)12-23(27)26(21)14-17-8-9-18(29-2)11-22(17)30-3/h8-9,11,15-16,19-21H,4-7,10,12-14H2,1-3H3,(H,25,28)/t15-,19-,20+,21+/m0/s1. The molecule has 30 heavy (non-hydrogen) atoms. The van der Waals surface area contributed by atoms with Gasteiger partial charge in [0.1, 0.15) is 11.5 Å². The zero-order chi connectivity index (χ0) is 21.3. The lowest BCUT2D eigenvalue weighted by Crippen LogP contribution is -2.37. The molecule has 1 saturated heterocycles. The van der Waals surface area contributed by atoms with E-state index in [9.17, 15) is 9.59 Å². The largest absolute Gasteiger partial charge is 0.497 e. The van der Waals surface area contributed by atoms with Gasteiger partial charge in [-0.25, -0.2) is 0 Å². The highest BCUT2D eigenvalue weighted by molar-refractivity contribution is 5.80. The van der Waals surface area contributed by atoms with Crippen LogP contribution in [0.15, 0.2) is 18.2 Å². The molecule has 3 fully saturated rings. The molecule has 1 aliphatic heterocycles. The maximum Gasteiger partial charge on any atom is 0.223 e. The zero-order valence-electron chi connectivity index (χ0n) is 18.4. The van der Waals surface area contributed by atoms with E-state index in [0.29, 0.717) is 37.3 Å². The quantitative estimate of drug-likeness (QED) is 0.743. The fourth-order valence-corrected chi connectivity index (χ4v) is 5.86. The second-order valence-electron chi connectivity index (χ2n) is 9.24. The van der Waals surface area contributed by atoms with Gasteiger partial charge in [0.15, 0.2) is 0 Å². The summed E-state index contributed by atoms with van der Waals surface area (Å²) in [6.45, 7) is 3.52. The summed E-state index contributed by atoms with van der Waals surface area (Å²) >= 11 is 0. The van der Waals surface area contributed by atoms with Crippen molar-refractivity contribution >= 4 is 11.8 Å². The van der Waals surface area contributed by atoms with Crippen molar-refractivity contribution in [3.8, 4) is 11.5 Å². The van der Waals surface area contributed by atoms with Crippen LogP contribution in [-0.4, -0.2) is 43.5 Å². The molecule has 2 saturated carbocycles. The fraction of sp³-hybridized carbons (Fsp3) is 0.667. The molecular weight excluding hydrogens is 380 g/mol. The number of amides is 2. The molecule has 1 N–H and O–H groups in total. The van der Waals surface area contributed by atoms with E-state index >= 15 is 0 Å². The van der Waals surface area contributed by atoms with Crippen molar-refractivity contribution in [2.24, 2.45) is 23.7 Å². The van der Waals surface area contributed by atoms with Crippen LogP contribution >= 0.6 is 0 Å². The van der Waals surface area contributed by atoms with Crippen LogP contribution in [0.5, 0.6) is 11.5 Å². The number of nitrogens with one attached hydrogen (secondary N) is 1. The first-order chi connectivity index (χ1) is 14.5. The Morgan fingerprint density at radius 2 is 1.97 bits per heavy atom. The molecule has 1 aromatic carbocycles. The van der Waals surface area contributed by atoms with Crippen molar-refractivity contribution in [2.75, 3.05) is 20.8 Å². The molecule has 0 bridgehead atoms. The van der Waals surface area contributed by atoms with Crippen LogP contribution in [0.1, 0.15) is 51.0 Å². The van der Waals surface area contributed by atoms with Crippen LogP contribution < -0.4 is 14.8 Å². The summed E-state index contributed by atoms with van der Waals surface area (Å²) in [7, 11) is 3.28. The molecule has 0 spiro atoms. The lowest BCUT2D eigenvalue weighted by Gasteiger charge is -2.25. The second-order valence-corrected chi connectivity index (χ2v) is 9.24. The van der Waals surface area contributed by atoms with Gasteiger partial charge >= 0.3 is 0 Å². The van der Waals surface area contributed by atoms with Gasteiger partial charge in [0.2, 0.25) is 11.8 Å². The first-order valence-corrected chi connectivity index (χ1v) is 11.3. The number of hydrogen-bond acceptors (Lipinski definition) is 4. The minimum absolute atomic E-state index is 0.196. The van der Waals surface area contributed by atoms with E-state index in [1.807, 2.05) is 23.1 Å². The monoisotopic (exact) mass is 414 g/mol. The summed E-state index contributed by atoms with van der Waals surface area (Å²) in [5, 5.41) is 3.22. The smallest absolute Gasteiger partial charge is 0.223 e. The molecule has 4 atom stereocenters. The number of carbonyl (C=O) groups excluding carboxylic acids is 2. The van der Waals surface area contributed by atoms with Crippen molar-refractivity contribution in [1.29, 1.82) is 0 Å². The number of likely N-dealkylation sites (tertiary alicyclic amines) is 1. The second kappa shape index (κ2) is 8.86. The van der Waals surface area contributed by atoms with Crippen LogP contribution in [0.3, 0.4) is 0 Å². The Kier molecular flexibility index (Phi) is 6.21. The van der Waals surface area contributed by atoms with Gasteiger partial charge in [0.25, 0.3) is 0 Å². The topological polar surface area (TPSA) is 67.9 Å². The highest BCUT2D eigenvalue weighted by Gasteiger charge is 2.50. The van der Waals surface area contributed by atoms with Gasteiger partial charge in [-0.15, -0.1) is 0 Å². The van der Waals surface area contributed by atoms with Crippen molar-refractivity contribution in [1.82, 2.24) is 10.2 Å². The van der Waals surface area contributed by atoms with Gasteiger partial charge in [-0.3, -0.25) is 9.59 Å². The van der Waals surface area contributed by atoms with E-state index in [4.69, 9.17) is 9.47 Å². The van der Waals surface area contributed by atoms with Gasteiger partial charge in [0.05, 0.1) is 14.2 Å². The minimum atomic E-state index is 0.196. The molecule has 3 aliphatic rings. The van der Waals surface area contributed by atoms with E-state index in [1.54, 1.807) is 14.2 Å². The summed E-state index contributed by atoms with van der Waals surface area (Å²) in [6, 6.07) is 6.00. The molecular formula is C24H34N2O4. The number of carbonyl (C=O) groups is 2. The molecule has 6 nitrogen and oxygen atoms in total. The van der Waals surface area contributed by atoms with Crippen molar-refractivity contribution in [3.05, 3.63) is 23.8 Å². The summed E-state index contributed by atoms with van der Waals surface area (Å²) in [4.78, 5) is 27.4. The average molecular weight is 415 g/mol. The lowest BCUT2D eigenvalue weighted by molar-refractivity contribution is -0.129. The third-order valence-electron chi connectivity index (χ3n) is 7.59. The van der Waals surface area contributed by atoms with Gasteiger partial charge in [0, 0.05) is 43.1 Å². The van der Waals surface area contributed by atoms with Gasteiger partial charge in [-0.1, -0.05) is 19.8 Å². The van der Waals surface area contributed by atoms with Crippen LogP contribution in [0.4, 0.5) is 0 Å². The Balaban J connectivity index is 1.42. The highest BCUT2D eigenvalue weighted by Crippen LogP contribution is 2.46. The summed E-state index contributed by atoms with van der Waals surface area (Å²) < 4.78 is 10.8. The number of nitrogens with zero attached hydrogens (tertiary/aromatic N) is 1. The predicted octanol–water partition coefficient (Wildman–Crippen LogP) is 3.38. The van der Waals surface area contributed by atoms with Crippen LogP contribution in [-0.2, 0) is 16.1 Å². The normalized spacial score (nSPS) is 28.6. The van der Waals surface area contributed by atoms with E-state index in [0.717, 1.165) is 36.3 Å². The van der Waals surface area contributed by atoms with Crippen molar-refractivity contribution < 1.29 is 19.1 Å². The third kappa shape index (κ3) is 4.01. The van der Waals surface area contributed by atoms with Crippen LogP contribution in [0, 0.1) is 23.7 Å². The maximum absolute atomic E-state index is 12.9. The highest BCUT2D eigenvalue weighted by atomic mass is 16.5. The first-order valence-electron chi connectivity index (χ1n) is 11.3. The molecule has 4 rings (SSSR count). The Bertz CT molecular complexity index is 789. The van der Waals surface area contributed by atoms with E-state index in [1.165, 1.54) is 12.8 Å². The number of methoxy groups -OCH3 is 2. The first kappa shape index (κ1) is 21.0. The van der Waals surface area contributed by atoms with Gasteiger partial charge in [-0.05, 0) is 49.1 Å². The lowest BCUT2D eigenvalue weighted by atomic mass is 9.88. The Morgan fingerprint density at radius 1 is 1.20 bits per heavy atom. The maximum atomic E-state index is 12.9. The fourth-order valence-electron chi connectivity index (χ4n) is 5.86. The SMILES string of the molecule is COc1ccc(CN2C(=O)C[C@H]3[C@H](CNC(=O)C4CCCC4)[C@@H](C)C[C@H]32)c(OC)c1. The number of benzene rings is 1. The van der Waals surface area contributed by atoms with Crippen molar-refractivity contribution in [2.45, 2.75) is 58.0 Å². The Labute approximate surface area is 179 Å². The van der Waals surface area contributed by atoms with E-state index < -0.39 is 0 Å². The molecule has 0 unspecified atom stereocenters. The number of hydrogen-bond donors (Lipinski definition) is 1. The third-order valence-corrected chi connectivity index (χ3v) is 7.59. The molecule has 164 valence electrons. The summed E-state index contributed by atoms with van der Waals surface area (Å²) in [6.07, 6.45) is 5.96. The summed E-state index contributed by atoms with van der Waals surface area (Å²) in [5.41, 5.74) is 0.998. The minimum Gasteiger partial charge on any atom is -0.497 e. The molecule has 6 heteroatoms. The van der Waals surface area contributed by atoms with Crippen molar-refractivity contribution in [3.63, 3.8) is 0 Å². The molecule has 0 radical (unpaired) electrons. The molecule has 0 aromatic heterocycles. The number of fused-ring (bicyclic) bond motifs is 1. The van der Waals surface area contributed by atoms with Gasteiger partial charge in [-0.2, -0.15) is 0 Å². The molecule has 2 amide bonds. The number of rotatable bonds is 7. The van der Waals surface area contributed by atoms with E-state index in [2.05, 4.69) is 12.2 Å². The zero-order valence-corrected chi connectivity index (χ0v) is 18.4. The molecule has 1 aromatic rings. The average Bonchev–Trinajstić information content (AvgIpc) is 3.45. The Morgan fingerprint density at radius 3 is 2.67 bits per heavy atom. The Hall–Kier alpha value is -2.24. The molecule has 1 heterocycles. The van der Waals surface area contributed by atoms with Crippen LogP contribution in [0.25, 0.3) is 0 Å². The van der Waals surface area contributed by atoms with Gasteiger partial charge < -0.3 is 19.7 Å². The predicted molar refractivity (Wildman–Crippen MR) is 114 cm³/mol. The van der Waals surface area contributed by atoms with Crippen LogP contribution in [0.2, 0.25) is 0 Å². The number of ether oxygens (including phenoxy) is 2. The summed E-state index contributed by atoms with van der Waals surface area (Å²) in [5.74, 6) is 3.30. The van der Waals surface area contributed by atoms with E-state index in [-0.39, 0.29) is 23.8 Å².